The molecule has 2 aliphatic rings. The van der Waals surface area contributed by atoms with Gasteiger partial charge in [-0.05, 0) is 43.4 Å². The number of nitrogens with zero attached hydrogens (tertiary/aromatic N) is 1. The lowest BCUT2D eigenvalue weighted by Crippen LogP contribution is -2.39. The van der Waals surface area contributed by atoms with Crippen LogP contribution in [0.2, 0.25) is 0 Å². The maximum absolute atomic E-state index is 12.6. The second-order valence-corrected chi connectivity index (χ2v) is 8.92. The Kier molecular flexibility index (Phi) is 4.62. The first kappa shape index (κ1) is 16.3. The summed E-state index contributed by atoms with van der Waals surface area (Å²) in [5.41, 5.74) is 0.823. The molecule has 126 valence electrons. The normalized spacial score (nSPS) is 19.0. The topological polar surface area (TPSA) is 74.7 Å². The maximum atomic E-state index is 12.6. The molecular formula is C17H23NO4S. The Labute approximate surface area is 137 Å². The van der Waals surface area contributed by atoms with Gasteiger partial charge in [-0.1, -0.05) is 25.0 Å². The Morgan fingerprint density at radius 3 is 2.48 bits per heavy atom. The molecule has 6 heteroatoms. The van der Waals surface area contributed by atoms with Crippen LogP contribution in [0.15, 0.2) is 24.3 Å². The van der Waals surface area contributed by atoms with Crippen molar-refractivity contribution < 1.29 is 18.3 Å². The minimum atomic E-state index is -3.35. The van der Waals surface area contributed by atoms with Gasteiger partial charge in [0.1, 0.15) is 11.5 Å². The summed E-state index contributed by atoms with van der Waals surface area (Å²) in [5.74, 6) is -0.528. The van der Waals surface area contributed by atoms with E-state index < -0.39 is 9.84 Å². The van der Waals surface area contributed by atoms with Gasteiger partial charge >= 0.3 is 0 Å². The molecule has 0 atom stereocenters. The van der Waals surface area contributed by atoms with E-state index in [9.17, 15) is 18.3 Å². The van der Waals surface area contributed by atoms with Crippen LogP contribution in [0, 0.1) is 0 Å². The average molecular weight is 337 g/mol. The summed E-state index contributed by atoms with van der Waals surface area (Å²) in [4.78, 5) is 14.2. The van der Waals surface area contributed by atoms with Gasteiger partial charge in [0, 0.05) is 12.6 Å². The van der Waals surface area contributed by atoms with Crippen LogP contribution in [0.4, 0.5) is 0 Å². The third-order valence-corrected chi connectivity index (χ3v) is 6.84. The Balaban J connectivity index is 1.69. The van der Waals surface area contributed by atoms with Crippen LogP contribution in [-0.2, 0) is 21.2 Å². The van der Waals surface area contributed by atoms with Crippen molar-refractivity contribution in [2.45, 2.75) is 56.4 Å². The molecule has 2 aliphatic carbocycles. The predicted molar refractivity (Wildman–Crippen MR) is 87.7 cm³/mol. The number of benzene rings is 1. The molecule has 5 nitrogen and oxygen atoms in total. The SMILES string of the molecule is O=C(CS(=O)(=O)C1CCCC1)N(Cc1cccc(O)c1)C1CC1. The lowest BCUT2D eigenvalue weighted by atomic mass is 10.2. The molecule has 1 N–H and O–H groups in total. The van der Waals surface area contributed by atoms with Crippen molar-refractivity contribution in [2.24, 2.45) is 0 Å². The second kappa shape index (κ2) is 6.51. The molecule has 0 spiro atoms. The number of rotatable bonds is 6. The van der Waals surface area contributed by atoms with Crippen LogP contribution >= 0.6 is 0 Å². The van der Waals surface area contributed by atoms with E-state index in [1.807, 2.05) is 6.07 Å². The van der Waals surface area contributed by atoms with Crippen molar-refractivity contribution in [3.05, 3.63) is 29.8 Å². The van der Waals surface area contributed by atoms with Crippen molar-refractivity contribution in [3.8, 4) is 5.75 Å². The molecule has 0 unspecified atom stereocenters. The number of amides is 1. The first-order valence-corrected chi connectivity index (χ1v) is 9.96. The number of phenols is 1. The number of carbonyl (C=O) groups is 1. The molecule has 0 heterocycles. The maximum Gasteiger partial charge on any atom is 0.238 e. The highest BCUT2D eigenvalue weighted by atomic mass is 32.2. The molecule has 0 aliphatic heterocycles. The van der Waals surface area contributed by atoms with Gasteiger partial charge in [-0.3, -0.25) is 4.79 Å². The van der Waals surface area contributed by atoms with Gasteiger partial charge < -0.3 is 10.0 Å². The van der Waals surface area contributed by atoms with Crippen molar-refractivity contribution in [2.75, 3.05) is 5.75 Å². The van der Waals surface area contributed by atoms with E-state index in [1.165, 1.54) is 0 Å². The predicted octanol–water partition coefficient (Wildman–Crippen LogP) is 2.24. The smallest absolute Gasteiger partial charge is 0.238 e. The molecule has 2 saturated carbocycles. The zero-order valence-electron chi connectivity index (χ0n) is 13.1. The molecule has 2 fully saturated rings. The fourth-order valence-corrected chi connectivity index (χ4v) is 5.08. The minimum absolute atomic E-state index is 0.142. The lowest BCUT2D eigenvalue weighted by Gasteiger charge is -2.23. The highest BCUT2D eigenvalue weighted by Gasteiger charge is 2.37. The Morgan fingerprint density at radius 1 is 1.17 bits per heavy atom. The summed E-state index contributed by atoms with van der Waals surface area (Å²) in [6.07, 6.45) is 5.10. The monoisotopic (exact) mass is 337 g/mol. The first-order chi connectivity index (χ1) is 11.0. The van der Waals surface area contributed by atoms with Crippen molar-refractivity contribution in [1.82, 2.24) is 4.90 Å². The molecule has 1 amide bonds. The van der Waals surface area contributed by atoms with Crippen molar-refractivity contribution in [3.63, 3.8) is 0 Å². The molecule has 0 bridgehead atoms. The second-order valence-electron chi connectivity index (χ2n) is 6.64. The molecule has 1 aromatic rings. The third-order valence-electron chi connectivity index (χ3n) is 4.71. The van der Waals surface area contributed by atoms with Crippen molar-refractivity contribution in [1.29, 1.82) is 0 Å². The van der Waals surface area contributed by atoms with Gasteiger partial charge in [-0.2, -0.15) is 0 Å². The van der Waals surface area contributed by atoms with Gasteiger partial charge in [-0.25, -0.2) is 8.42 Å². The summed E-state index contributed by atoms with van der Waals surface area (Å²) in [7, 11) is -3.35. The van der Waals surface area contributed by atoms with Crippen LogP contribution in [0.1, 0.15) is 44.1 Å². The minimum Gasteiger partial charge on any atom is -0.508 e. The Hall–Kier alpha value is -1.56. The molecule has 0 radical (unpaired) electrons. The van der Waals surface area contributed by atoms with Gasteiger partial charge in [0.15, 0.2) is 9.84 Å². The Bertz CT molecular complexity index is 676. The summed E-state index contributed by atoms with van der Waals surface area (Å²) in [5, 5.41) is 9.21. The number of hydrogen-bond donors (Lipinski definition) is 1. The number of aromatic hydroxyl groups is 1. The van der Waals surface area contributed by atoms with E-state index in [0.29, 0.717) is 19.4 Å². The Morgan fingerprint density at radius 2 is 1.87 bits per heavy atom. The summed E-state index contributed by atoms with van der Waals surface area (Å²) in [6.45, 7) is 0.359. The van der Waals surface area contributed by atoms with Crippen LogP contribution in [0.25, 0.3) is 0 Å². The van der Waals surface area contributed by atoms with Crippen LogP contribution in [-0.4, -0.2) is 41.4 Å². The fourth-order valence-electron chi connectivity index (χ4n) is 3.28. The van der Waals surface area contributed by atoms with E-state index in [4.69, 9.17) is 0 Å². The zero-order chi connectivity index (χ0) is 16.4. The third kappa shape index (κ3) is 4.05. The average Bonchev–Trinajstić information content (AvgIpc) is 3.16. The quantitative estimate of drug-likeness (QED) is 0.864. The van der Waals surface area contributed by atoms with E-state index in [1.54, 1.807) is 23.1 Å². The van der Waals surface area contributed by atoms with Crippen LogP contribution < -0.4 is 0 Å². The largest absolute Gasteiger partial charge is 0.508 e. The number of phenolic OH excluding ortho intramolecular Hbond substituents is 1. The lowest BCUT2D eigenvalue weighted by molar-refractivity contribution is -0.129. The first-order valence-electron chi connectivity index (χ1n) is 8.24. The summed E-state index contributed by atoms with van der Waals surface area (Å²) < 4.78 is 24.8. The standard InChI is InChI=1S/C17H23NO4S/c19-15-5-3-4-13(10-15)11-18(14-8-9-14)17(20)12-23(21,22)16-6-1-2-7-16/h3-5,10,14,16,19H,1-2,6-9,11-12H2. The highest BCUT2D eigenvalue weighted by Crippen LogP contribution is 2.30. The fraction of sp³-hybridized carbons (Fsp3) is 0.588. The van der Waals surface area contributed by atoms with E-state index >= 15 is 0 Å². The molecule has 23 heavy (non-hydrogen) atoms. The highest BCUT2D eigenvalue weighted by molar-refractivity contribution is 7.92. The number of hydrogen-bond acceptors (Lipinski definition) is 4. The number of carbonyl (C=O) groups excluding carboxylic acids is 1. The number of sulfone groups is 1. The zero-order valence-corrected chi connectivity index (χ0v) is 14.0. The molecular weight excluding hydrogens is 314 g/mol. The van der Waals surface area contributed by atoms with Gasteiger partial charge in [0.05, 0.1) is 5.25 Å². The van der Waals surface area contributed by atoms with Gasteiger partial charge in [0.25, 0.3) is 0 Å². The van der Waals surface area contributed by atoms with E-state index in [-0.39, 0.29) is 28.7 Å². The molecule has 1 aromatic carbocycles. The van der Waals surface area contributed by atoms with E-state index in [2.05, 4.69) is 0 Å². The molecule has 0 aromatic heterocycles. The summed E-state index contributed by atoms with van der Waals surface area (Å²) in [6, 6.07) is 6.91. The van der Waals surface area contributed by atoms with Crippen molar-refractivity contribution >= 4 is 15.7 Å². The van der Waals surface area contributed by atoms with Crippen LogP contribution in [0.5, 0.6) is 5.75 Å². The van der Waals surface area contributed by atoms with Gasteiger partial charge in [0.2, 0.25) is 5.91 Å². The van der Waals surface area contributed by atoms with E-state index in [0.717, 1.165) is 31.2 Å². The van der Waals surface area contributed by atoms with Crippen LogP contribution in [0.3, 0.4) is 0 Å². The molecule has 3 rings (SSSR count). The molecule has 0 saturated heterocycles. The summed E-state index contributed by atoms with van der Waals surface area (Å²) >= 11 is 0. The van der Waals surface area contributed by atoms with Gasteiger partial charge in [-0.15, -0.1) is 0 Å².